The molecule has 1 N–H and O–H groups in total. The molecule has 1 saturated heterocycles. The van der Waals surface area contributed by atoms with E-state index < -0.39 is 6.10 Å². The van der Waals surface area contributed by atoms with Gasteiger partial charge in [0.05, 0.1) is 36.0 Å². The van der Waals surface area contributed by atoms with Crippen molar-refractivity contribution in [3.05, 3.63) is 52.9 Å². The van der Waals surface area contributed by atoms with Crippen molar-refractivity contribution in [1.29, 1.82) is 0 Å². The number of hydrogen-bond donors (Lipinski definition) is 1. The number of aromatic nitrogens is 1. The molecule has 3 heterocycles. The first-order valence-corrected chi connectivity index (χ1v) is 9.51. The molecule has 0 aliphatic carbocycles. The number of rotatable bonds is 6. The molecule has 0 unspecified atom stereocenters. The first-order chi connectivity index (χ1) is 13.5. The second-order valence-electron chi connectivity index (χ2n) is 7.43. The second-order valence-corrected chi connectivity index (χ2v) is 7.43. The number of nitrogens with zero attached hydrogens (tertiary/aromatic N) is 4. The van der Waals surface area contributed by atoms with Crippen LogP contribution < -0.4 is 0 Å². The number of aliphatic hydroxyl groups excluding tert-OH is 1. The van der Waals surface area contributed by atoms with Crippen LogP contribution in [0.4, 0.5) is 0 Å². The molecule has 0 saturated carbocycles. The number of hydrogen-bond acceptors (Lipinski definition) is 7. The molecule has 2 amide bonds. The molecule has 148 valence electrons. The number of imide groups is 1. The zero-order chi connectivity index (χ0) is 19.7. The number of amides is 2. The normalized spacial score (nSPS) is 19.3. The summed E-state index contributed by atoms with van der Waals surface area (Å²) in [6.45, 7) is 6.43. The largest absolute Gasteiger partial charge is 0.390 e. The van der Waals surface area contributed by atoms with Gasteiger partial charge in [0.25, 0.3) is 11.8 Å². The van der Waals surface area contributed by atoms with Gasteiger partial charge in [-0.1, -0.05) is 17.3 Å². The predicted octanol–water partition coefficient (Wildman–Crippen LogP) is 0.758. The van der Waals surface area contributed by atoms with Crippen LogP contribution in [0.15, 0.2) is 34.9 Å². The third-order valence-electron chi connectivity index (χ3n) is 5.26. The number of piperazine rings is 1. The van der Waals surface area contributed by atoms with Crippen molar-refractivity contribution in [2.45, 2.75) is 19.6 Å². The van der Waals surface area contributed by atoms with Gasteiger partial charge < -0.3 is 9.63 Å². The molecule has 8 heteroatoms. The number of carbonyl (C=O) groups is 2. The van der Waals surface area contributed by atoms with Gasteiger partial charge in [0.15, 0.2) is 5.76 Å². The van der Waals surface area contributed by atoms with E-state index in [0.717, 1.165) is 49.1 Å². The Bertz CT molecular complexity index is 838. The predicted molar refractivity (Wildman–Crippen MR) is 101 cm³/mol. The van der Waals surface area contributed by atoms with Crippen LogP contribution >= 0.6 is 0 Å². The standard InChI is InChI=1S/C20H24N4O4/c1-14-10-16(28-21-14)13-23-8-6-22(7-9-23)11-15(25)12-24-19(26)17-4-2-3-5-18(17)20(24)27/h2-5,10,15,25H,6-9,11-13H2,1H3/t15-/m0/s1. The quantitative estimate of drug-likeness (QED) is 0.736. The molecular formula is C20H24N4O4. The second kappa shape index (κ2) is 7.83. The molecule has 4 rings (SSSR count). The molecule has 2 aromatic rings. The number of aryl methyl sites for hydroxylation is 1. The van der Waals surface area contributed by atoms with Crippen LogP contribution in [0.2, 0.25) is 0 Å². The number of fused-ring (bicyclic) bond motifs is 1. The summed E-state index contributed by atoms with van der Waals surface area (Å²) in [6.07, 6.45) is -0.773. The molecule has 1 aromatic heterocycles. The maximum absolute atomic E-state index is 12.4. The number of benzene rings is 1. The molecular weight excluding hydrogens is 360 g/mol. The van der Waals surface area contributed by atoms with Gasteiger partial charge in [0.1, 0.15) is 0 Å². The van der Waals surface area contributed by atoms with E-state index in [1.54, 1.807) is 24.3 Å². The molecule has 1 fully saturated rings. The number of carbonyl (C=O) groups excluding carboxylic acids is 2. The van der Waals surface area contributed by atoms with Crippen LogP contribution in [0.1, 0.15) is 32.2 Å². The van der Waals surface area contributed by atoms with Gasteiger partial charge in [-0.05, 0) is 19.1 Å². The highest BCUT2D eigenvalue weighted by Gasteiger charge is 2.36. The summed E-state index contributed by atoms with van der Waals surface area (Å²) in [7, 11) is 0. The van der Waals surface area contributed by atoms with Crippen LogP contribution in [0.5, 0.6) is 0 Å². The smallest absolute Gasteiger partial charge is 0.261 e. The molecule has 0 spiro atoms. The SMILES string of the molecule is Cc1cc(CN2CCN(C[C@H](O)CN3C(=O)c4ccccc4C3=O)CC2)on1. The third kappa shape index (κ3) is 3.84. The molecule has 1 atom stereocenters. The lowest BCUT2D eigenvalue weighted by Gasteiger charge is -2.35. The highest BCUT2D eigenvalue weighted by Crippen LogP contribution is 2.22. The van der Waals surface area contributed by atoms with E-state index in [4.69, 9.17) is 4.52 Å². The molecule has 2 aliphatic rings. The lowest BCUT2D eigenvalue weighted by Crippen LogP contribution is -2.50. The molecule has 0 bridgehead atoms. The monoisotopic (exact) mass is 384 g/mol. The zero-order valence-electron chi connectivity index (χ0n) is 15.9. The Hall–Kier alpha value is -2.55. The maximum atomic E-state index is 12.4. The van der Waals surface area contributed by atoms with Crippen molar-refractivity contribution < 1.29 is 19.2 Å². The summed E-state index contributed by atoms with van der Waals surface area (Å²) in [5.41, 5.74) is 1.71. The summed E-state index contributed by atoms with van der Waals surface area (Å²) in [6, 6.07) is 8.72. The van der Waals surface area contributed by atoms with Gasteiger partial charge in [-0.3, -0.25) is 24.3 Å². The van der Waals surface area contributed by atoms with Gasteiger partial charge in [0.2, 0.25) is 0 Å². The van der Waals surface area contributed by atoms with Crippen LogP contribution in [-0.2, 0) is 6.54 Å². The van der Waals surface area contributed by atoms with Crippen LogP contribution in [0, 0.1) is 6.92 Å². The molecule has 0 radical (unpaired) electrons. The summed E-state index contributed by atoms with van der Waals surface area (Å²) in [5, 5.41) is 14.4. The average molecular weight is 384 g/mol. The fraction of sp³-hybridized carbons (Fsp3) is 0.450. The van der Waals surface area contributed by atoms with Crippen LogP contribution in [0.25, 0.3) is 0 Å². The molecule has 1 aromatic carbocycles. The summed E-state index contributed by atoms with van der Waals surface area (Å²) >= 11 is 0. The first-order valence-electron chi connectivity index (χ1n) is 9.51. The summed E-state index contributed by atoms with van der Waals surface area (Å²) < 4.78 is 5.26. The lowest BCUT2D eigenvalue weighted by molar-refractivity contribution is 0.0385. The Morgan fingerprint density at radius 3 is 2.21 bits per heavy atom. The Labute approximate surface area is 163 Å². The van der Waals surface area contributed by atoms with Gasteiger partial charge >= 0.3 is 0 Å². The number of aliphatic hydroxyl groups is 1. The van der Waals surface area contributed by atoms with Crippen molar-refractivity contribution in [2.24, 2.45) is 0 Å². The summed E-state index contributed by atoms with van der Waals surface area (Å²) in [5.74, 6) is 0.204. The number of β-amino-alcohol motifs (C(OH)–C–C–N with tert-alkyl or cyclic N) is 1. The fourth-order valence-electron chi connectivity index (χ4n) is 3.81. The minimum atomic E-state index is -0.773. The van der Waals surface area contributed by atoms with Crippen LogP contribution in [-0.4, -0.2) is 82.1 Å². The Morgan fingerprint density at radius 1 is 1.04 bits per heavy atom. The van der Waals surface area contributed by atoms with E-state index in [-0.39, 0.29) is 18.4 Å². The van der Waals surface area contributed by atoms with Crippen LogP contribution in [0.3, 0.4) is 0 Å². The molecule has 8 nitrogen and oxygen atoms in total. The van der Waals surface area contributed by atoms with Gasteiger partial charge in [-0.25, -0.2) is 0 Å². The van der Waals surface area contributed by atoms with Crippen molar-refractivity contribution in [3.63, 3.8) is 0 Å². The molecule has 2 aliphatic heterocycles. The Kier molecular flexibility index (Phi) is 5.25. The fourth-order valence-corrected chi connectivity index (χ4v) is 3.81. The maximum Gasteiger partial charge on any atom is 0.261 e. The molecule has 28 heavy (non-hydrogen) atoms. The van der Waals surface area contributed by atoms with E-state index in [1.165, 1.54) is 0 Å². The summed E-state index contributed by atoms with van der Waals surface area (Å²) in [4.78, 5) is 30.4. The highest BCUT2D eigenvalue weighted by atomic mass is 16.5. The Morgan fingerprint density at radius 2 is 1.64 bits per heavy atom. The van der Waals surface area contributed by atoms with Crippen molar-refractivity contribution in [1.82, 2.24) is 19.9 Å². The van der Waals surface area contributed by atoms with E-state index >= 15 is 0 Å². The van der Waals surface area contributed by atoms with Gasteiger partial charge in [-0.2, -0.15) is 0 Å². The minimum absolute atomic E-state index is 0.0178. The van der Waals surface area contributed by atoms with E-state index in [2.05, 4.69) is 15.0 Å². The lowest BCUT2D eigenvalue weighted by atomic mass is 10.1. The van der Waals surface area contributed by atoms with Crippen molar-refractivity contribution >= 4 is 11.8 Å². The zero-order valence-corrected chi connectivity index (χ0v) is 15.9. The third-order valence-corrected chi connectivity index (χ3v) is 5.26. The van der Waals surface area contributed by atoms with E-state index in [1.807, 2.05) is 13.0 Å². The minimum Gasteiger partial charge on any atom is -0.390 e. The topological polar surface area (TPSA) is 90.1 Å². The van der Waals surface area contributed by atoms with Gasteiger partial charge in [-0.15, -0.1) is 0 Å². The van der Waals surface area contributed by atoms with E-state index in [0.29, 0.717) is 17.7 Å². The Balaban J connectivity index is 1.26. The average Bonchev–Trinajstić information content (AvgIpc) is 3.20. The van der Waals surface area contributed by atoms with Crippen molar-refractivity contribution in [2.75, 3.05) is 39.3 Å². The van der Waals surface area contributed by atoms with E-state index in [9.17, 15) is 14.7 Å². The first kappa shape index (κ1) is 18.8. The highest BCUT2D eigenvalue weighted by molar-refractivity contribution is 6.21. The van der Waals surface area contributed by atoms with Crippen molar-refractivity contribution in [3.8, 4) is 0 Å². The van der Waals surface area contributed by atoms with Gasteiger partial charge in [0, 0.05) is 38.8 Å².